The predicted molar refractivity (Wildman–Crippen MR) is 97.8 cm³/mol. The van der Waals surface area contributed by atoms with Crippen LogP contribution >= 0.6 is 0 Å². The molecule has 3 heterocycles. The molecular weight excluding hydrogens is 328 g/mol. The van der Waals surface area contributed by atoms with Crippen molar-refractivity contribution in [2.75, 3.05) is 11.9 Å². The molecule has 3 aromatic rings. The van der Waals surface area contributed by atoms with Gasteiger partial charge in [0.25, 0.3) is 0 Å². The summed E-state index contributed by atoms with van der Waals surface area (Å²) in [6.45, 7) is 0.354. The van der Waals surface area contributed by atoms with E-state index < -0.39 is 0 Å². The van der Waals surface area contributed by atoms with Gasteiger partial charge >= 0.3 is 6.01 Å². The number of carbonyl (C=O) groups is 1. The molecule has 0 atom stereocenters. The van der Waals surface area contributed by atoms with Gasteiger partial charge in [-0.05, 0) is 41.8 Å². The van der Waals surface area contributed by atoms with E-state index in [1.165, 1.54) is 5.56 Å². The van der Waals surface area contributed by atoms with E-state index in [9.17, 15) is 4.79 Å². The van der Waals surface area contributed by atoms with Gasteiger partial charge in [0.2, 0.25) is 5.91 Å². The van der Waals surface area contributed by atoms with Crippen LogP contribution < -0.4 is 9.64 Å². The molecule has 0 aliphatic carbocycles. The third kappa shape index (κ3) is 3.26. The maximum absolute atomic E-state index is 11.8. The van der Waals surface area contributed by atoms with Gasteiger partial charge in [-0.2, -0.15) is 0 Å². The smallest absolute Gasteiger partial charge is 0.316 e. The van der Waals surface area contributed by atoms with Gasteiger partial charge in [-0.15, -0.1) is 0 Å². The summed E-state index contributed by atoms with van der Waals surface area (Å²) in [7, 11) is 1.82. The SMILES string of the molecule is CN1C(=O)CCc2cc(-c3cncc(COc4ncccn4)c3)ccc21. The van der Waals surface area contributed by atoms with Crippen LogP contribution in [0.3, 0.4) is 0 Å². The molecule has 1 aliphatic heterocycles. The average molecular weight is 346 g/mol. The minimum absolute atomic E-state index is 0.161. The minimum Gasteiger partial charge on any atom is -0.459 e. The van der Waals surface area contributed by atoms with Crippen LogP contribution in [0.15, 0.2) is 55.1 Å². The number of benzene rings is 1. The largest absolute Gasteiger partial charge is 0.459 e. The monoisotopic (exact) mass is 346 g/mol. The maximum atomic E-state index is 11.8. The summed E-state index contributed by atoms with van der Waals surface area (Å²) in [5.74, 6) is 0.161. The second-order valence-corrected chi connectivity index (χ2v) is 6.20. The number of ether oxygens (including phenoxy) is 1. The van der Waals surface area contributed by atoms with Crippen LogP contribution in [-0.4, -0.2) is 27.9 Å². The summed E-state index contributed by atoms with van der Waals surface area (Å²) in [6, 6.07) is 10.3. The van der Waals surface area contributed by atoms with Crippen LogP contribution in [0, 0.1) is 0 Å². The Kier molecular flexibility index (Phi) is 4.31. The van der Waals surface area contributed by atoms with Gasteiger partial charge in [0, 0.05) is 55.1 Å². The number of pyridine rings is 1. The Hall–Kier alpha value is -3.28. The highest BCUT2D eigenvalue weighted by Crippen LogP contribution is 2.31. The molecule has 0 saturated heterocycles. The Balaban J connectivity index is 1.56. The summed E-state index contributed by atoms with van der Waals surface area (Å²) < 4.78 is 5.59. The van der Waals surface area contributed by atoms with E-state index in [4.69, 9.17) is 4.74 Å². The van der Waals surface area contributed by atoms with Gasteiger partial charge < -0.3 is 9.64 Å². The van der Waals surface area contributed by atoms with Gasteiger partial charge in [0.1, 0.15) is 6.61 Å². The maximum Gasteiger partial charge on any atom is 0.316 e. The quantitative estimate of drug-likeness (QED) is 0.726. The second kappa shape index (κ2) is 6.92. The number of anilines is 1. The molecule has 1 aliphatic rings. The fourth-order valence-corrected chi connectivity index (χ4v) is 3.07. The molecule has 0 N–H and O–H groups in total. The summed E-state index contributed by atoms with van der Waals surface area (Å²) in [4.78, 5) is 26.0. The average Bonchev–Trinajstić information content (AvgIpc) is 2.70. The molecule has 2 aromatic heterocycles. The Morgan fingerprint density at radius 3 is 2.77 bits per heavy atom. The molecule has 6 nitrogen and oxygen atoms in total. The van der Waals surface area contributed by atoms with Crippen LogP contribution in [0.25, 0.3) is 11.1 Å². The standard InChI is InChI=1S/C20H18N4O2/c1-24-18-5-3-15(10-16(18)4-6-19(24)25)17-9-14(11-21-12-17)13-26-20-22-7-2-8-23-20/h2-3,5,7-12H,4,6,13H2,1H3. The van der Waals surface area contributed by atoms with E-state index in [-0.39, 0.29) is 5.91 Å². The lowest BCUT2D eigenvalue weighted by Crippen LogP contribution is -2.30. The number of aryl methyl sites for hydroxylation is 1. The summed E-state index contributed by atoms with van der Waals surface area (Å²) in [6.07, 6.45) is 8.22. The Morgan fingerprint density at radius 1 is 1.08 bits per heavy atom. The van der Waals surface area contributed by atoms with Gasteiger partial charge in [-0.3, -0.25) is 9.78 Å². The van der Waals surface area contributed by atoms with Crippen molar-refractivity contribution in [1.29, 1.82) is 0 Å². The first-order valence-corrected chi connectivity index (χ1v) is 8.44. The molecular formula is C20H18N4O2. The van der Waals surface area contributed by atoms with Crippen LogP contribution in [0.1, 0.15) is 17.5 Å². The van der Waals surface area contributed by atoms with Crippen molar-refractivity contribution in [1.82, 2.24) is 15.0 Å². The topological polar surface area (TPSA) is 68.2 Å². The lowest BCUT2D eigenvalue weighted by Gasteiger charge is -2.26. The van der Waals surface area contributed by atoms with Crippen molar-refractivity contribution >= 4 is 11.6 Å². The highest BCUT2D eigenvalue weighted by molar-refractivity contribution is 5.96. The Morgan fingerprint density at radius 2 is 1.92 bits per heavy atom. The first kappa shape index (κ1) is 16.2. The first-order chi connectivity index (χ1) is 12.7. The minimum atomic E-state index is 0.161. The molecule has 0 fully saturated rings. The van der Waals surface area contributed by atoms with E-state index in [2.05, 4.69) is 27.1 Å². The van der Waals surface area contributed by atoms with Crippen molar-refractivity contribution in [2.45, 2.75) is 19.4 Å². The fraction of sp³-hybridized carbons (Fsp3) is 0.200. The molecule has 1 amide bonds. The van der Waals surface area contributed by atoms with Crippen molar-refractivity contribution in [3.05, 3.63) is 66.2 Å². The zero-order valence-electron chi connectivity index (χ0n) is 14.4. The van der Waals surface area contributed by atoms with Gasteiger partial charge in [-0.25, -0.2) is 9.97 Å². The molecule has 26 heavy (non-hydrogen) atoms. The van der Waals surface area contributed by atoms with E-state index in [0.29, 0.717) is 19.0 Å². The number of hydrogen-bond acceptors (Lipinski definition) is 5. The first-order valence-electron chi connectivity index (χ1n) is 8.44. The number of fused-ring (bicyclic) bond motifs is 1. The molecule has 1 aromatic carbocycles. The Bertz CT molecular complexity index is 944. The molecule has 4 rings (SSSR count). The fourth-order valence-electron chi connectivity index (χ4n) is 3.07. The number of carbonyl (C=O) groups excluding carboxylic acids is 1. The van der Waals surface area contributed by atoms with E-state index in [1.807, 2.05) is 25.4 Å². The van der Waals surface area contributed by atoms with Crippen molar-refractivity contribution in [3.8, 4) is 17.1 Å². The highest BCUT2D eigenvalue weighted by Gasteiger charge is 2.21. The van der Waals surface area contributed by atoms with Crippen LogP contribution in [0.5, 0.6) is 6.01 Å². The number of aromatic nitrogens is 3. The molecule has 6 heteroatoms. The zero-order chi connectivity index (χ0) is 17.9. The summed E-state index contributed by atoms with van der Waals surface area (Å²) >= 11 is 0. The van der Waals surface area contributed by atoms with Crippen LogP contribution in [-0.2, 0) is 17.8 Å². The van der Waals surface area contributed by atoms with Crippen molar-refractivity contribution < 1.29 is 9.53 Å². The van der Waals surface area contributed by atoms with E-state index in [1.54, 1.807) is 29.6 Å². The van der Waals surface area contributed by atoms with E-state index >= 15 is 0 Å². The van der Waals surface area contributed by atoms with Crippen molar-refractivity contribution in [3.63, 3.8) is 0 Å². The van der Waals surface area contributed by atoms with Crippen molar-refractivity contribution in [2.24, 2.45) is 0 Å². The molecule has 0 bridgehead atoms. The van der Waals surface area contributed by atoms with Crippen LogP contribution in [0.4, 0.5) is 5.69 Å². The second-order valence-electron chi connectivity index (χ2n) is 6.20. The lowest BCUT2D eigenvalue weighted by atomic mass is 9.96. The molecule has 0 spiro atoms. The predicted octanol–water partition coefficient (Wildman–Crippen LogP) is 3.03. The molecule has 0 unspecified atom stereocenters. The van der Waals surface area contributed by atoms with Gasteiger partial charge in [0.05, 0.1) is 0 Å². The summed E-state index contributed by atoms with van der Waals surface area (Å²) in [5, 5.41) is 0. The van der Waals surface area contributed by atoms with Crippen LogP contribution in [0.2, 0.25) is 0 Å². The van der Waals surface area contributed by atoms with Gasteiger partial charge in [-0.1, -0.05) is 6.07 Å². The number of rotatable bonds is 4. The lowest BCUT2D eigenvalue weighted by molar-refractivity contribution is -0.118. The van der Waals surface area contributed by atoms with E-state index in [0.717, 1.165) is 28.8 Å². The molecule has 0 radical (unpaired) electrons. The normalized spacial score (nSPS) is 13.4. The number of nitrogens with zero attached hydrogens (tertiary/aromatic N) is 4. The summed E-state index contributed by atoms with van der Waals surface area (Å²) in [5.41, 5.74) is 5.21. The third-order valence-electron chi connectivity index (χ3n) is 4.46. The third-order valence-corrected chi connectivity index (χ3v) is 4.46. The molecule has 0 saturated carbocycles. The Labute approximate surface area is 151 Å². The molecule has 130 valence electrons. The number of hydrogen-bond donors (Lipinski definition) is 0. The van der Waals surface area contributed by atoms with Gasteiger partial charge in [0.15, 0.2) is 0 Å². The zero-order valence-corrected chi connectivity index (χ0v) is 14.4. The number of amides is 1. The highest BCUT2D eigenvalue weighted by atomic mass is 16.5.